The molecule has 1 aliphatic carbocycles. The summed E-state index contributed by atoms with van der Waals surface area (Å²) in [5, 5.41) is 9.21. The molecule has 1 aliphatic rings. The number of Topliss-reactive ketones (excluding diaryl/α,β-unsaturated/α-hetero) is 2. The molecule has 0 saturated heterocycles. The van der Waals surface area contributed by atoms with Gasteiger partial charge in [-0.25, -0.2) is 0 Å². The summed E-state index contributed by atoms with van der Waals surface area (Å²) in [6.45, 7) is 3.05. The average molecular weight is 253 g/mol. The molecule has 0 spiro atoms. The molecule has 0 fully saturated rings. The van der Waals surface area contributed by atoms with Crippen LogP contribution in [-0.2, 0) is 9.59 Å². The van der Waals surface area contributed by atoms with Gasteiger partial charge in [0.25, 0.3) is 0 Å². The van der Waals surface area contributed by atoms with Gasteiger partial charge >= 0.3 is 0 Å². The number of benzene rings is 1. The number of fused-ring (bicyclic) bond motifs is 1. The molecule has 0 N–H and O–H groups in total. The van der Waals surface area contributed by atoms with E-state index in [0.717, 1.165) is 11.1 Å². The summed E-state index contributed by atoms with van der Waals surface area (Å²) >= 11 is 0. The predicted molar refractivity (Wildman–Crippen MR) is 72.4 cm³/mol. The van der Waals surface area contributed by atoms with Crippen LogP contribution in [0.3, 0.4) is 0 Å². The Labute approximate surface area is 112 Å². The second-order valence-electron chi connectivity index (χ2n) is 4.94. The third kappa shape index (κ3) is 2.48. The number of hydrogen-bond acceptors (Lipinski definition) is 3. The summed E-state index contributed by atoms with van der Waals surface area (Å²) in [5.74, 6) is -0.477. The lowest BCUT2D eigenvalue weighted by Gasteiger charge is -2.28. The van der Waals surface area contributed by atoms with Crippen LogP contribution in [0.25, 0.3) is 6.08 Å². The first-order chi connectivity index (χ1) is 9.04. The number of hydrogen-bond donors (Lipinski definition) is 0. The maximum absolute atomic E-state index is 12.0. The maximum atomic E-state index is 12.0. The van der Waals surface area contributed by atoms with Crippen molar-refractivity contribution in [2.24, 2.45) is 5.92 Å². The number of ketones is 2. The number of carbonyl (C=O) groups excluding carboxylic acids is 2. The number of rotatable bonds is 3. The van der Waals surface area contributed by atoms with Crippen molar-refractivity contribution in [2.75, 3.05) is 0 Å². The zero-order chi connectivity index (χ0) is 14.0. The van der Waals surface area contributed by atoms with E-state index in [1.165, 1.54) is 13.8 Å². The molecule has 96 valence electrons. The molecule has 19 heavy (non-hydrogen) atoms. The Morgan fingerprint density at radius 1 is 1.32 bits per heavy atom. The van der Waals surface area contributed by atoms with E-state index in [0.29, 0.717) is 12.0 Å². The van der Waals surface area contributed by atoms with E-state index in [1.54, 1.807) is 6.07 Å². The summed E-state index contributed by atoms with van der Waals surface area (Å²) in [4.78, 5) is 23.3. The molecule has 1 aromatic rings. The van der Waals surface area contributed by atoms with E-state index >= 15 is 0 Å². The molecule has 0 unspecified atom stereocenters. The molecule has 0 saturated carbocycles. The van der Waals surface area contributed by atoms with Gasteiger partial charge in [0.15, 0.2) is 0 Å². The van der Waals surface area contributed by atoms with E-state index in [1.807, 2.05) is 24.3 Å². The molecule has 1 aromatic carbocycles. The maximum Gasteiger partial charge on any atom is 0.137 e. The van der Waals surface area contributed by atoms with Crippen LogP contribution in [0.5, 0.6) is 0 Å². The van der Waals surface area contributed by atoms with Crippen molar-refractivity contribution in [1.82, 2.24) is 0 Å². The Bertz CT molecular complexity index is 608. The summed E-state index contributed by atoms with van der Waals surface area (Å²) in [6.07, 6.45) is 4.15. The molecule has 0 aromatic heterocycles. The van der Waals surface area contributed by atoms with Gasteiger partial charge < -0.3 is 4.79 Å². The summed E-state index contributed by atoms with van der Waals surface area (Å²) in [6, 6.07) is 7.57. The fraction of sp³-hybridized carbons (Fsp3) is 0.312. The summed E-state index contributed by atoms with van der Waals surface area (Å²) in [7, 11) is 0. The van der Waals surface area contributed by atoms with Gasteiger partial charge in [0.2, 0.25) is 0 Å². The fourth-order valence-electron chi connectivity index (χ4n) is 2.75. The van der Waals surface area contributed by atoms with Crippen LogP contribution in [0.15, 0.2) is 24.3 Å². The molecule has 0 aliphatic heterocycles. The Balaban J connectivity index is 2.56. The molecule has 2 atom stereocenters. The van der Waals surface area contributed by atoms with Crippen LogP contribution in [-0.4, -0.2) is 11.6 Å². The van der Waals surface area contributed by atoms with Crippen LogP contribution in [0.4, 0.5) is 0 Å². The zero-order valence-electron chi connectivity index (χ0n) is 11.0. The number of allylic oxidation sites excluding steroid dienone is 1. The van der Waals surface area contributed by atoms with Gasteiger partial charge in [0.05, 0.1) is 17.6 Å². The van der Waals surface area contributed by atoms with Crippen molar-refractivity contribution >= 4 is 17.6 Å². The Kier molecular flexibility index (Phi) is 3.62. The second-order valence-corrected chi connectivity index (χ2v) is 4.94. The van der Waals surface area contributed by atoms with Crippen molar-refractivity contribution < 1.29 is 9.59 Å². The van der Waals surface area contributed by atoms with Crippen molar-refractivity contribution in [2.45, 2.75) is 26.2 Å². The third-order valence-corrected chi connectivity index (χ3v) is 3.48. The van der Waals surface area contributed by atoms with Gasteiger partial charge in [-0.2, -0.15) is 5.26 Å². The number of nitriles is 1. The van der Waals surface area contributed by atoms with E-state index in [4.69, 9.17) is 0 Å². The van der Waals surface area contributed by atoms with Crippen LogP contribution in [0.1, 0.15) is 42.9 Å². The Morgan fingerprint density at radius 3 is 2.63 bits per heavy atom. The molecule has 0 bridgehead atoms. The Hall–Kier alpha value is -2.21. The van der Waals surface area contributed by atoms with Crippen molar-refractivity contribution in [1.29, 1.82) is 5.26 Å². The topological polar surface area (TPSA) is 57.9 Å². The first-order valence-electron chi connectivity index (χ1n) is 6.25. The first-order valence-corrected chi connectivity index (χ1v) is 6.25. The summed E-state index contributed by atoms with van der Waals surface area (Å²) in [5.41, 5.74) is 2.20. The fourth-order valence-corrected chi connectivity index (χ4v) is 2.75. The van der Waals surface area contributed by atoms with Crippen LogP contribution >= 0.6 is 0 Å². The highest BCUT2D eigenvalue weighted by Crippen LogP contribution is 2.38. The SMILES string of the molecule is CC(=O)C[C@@H]1C=Cc2cccc(C#N)c2[C@@H]1C(C)=O. The van der Waals surface area contributed by atoms with Gasteiger partial charge in [-0.3, -0.25) is 4.79 Å². The van der Waals surface area contributed by atoms with E-state index < -0.39 is 0 Å². The number of nitrogens with zero attached hydrogens (tertiary/aromatic N) is 1. The molecule has 3 heteroatoms. The lowest BCUT2D eigenvalue weighted by atomic mass is 9.73. The first kappa shape index (κ1) is 13.2. The lowest BCUT2D eigenvalue weighted by Crippen LogP contribution is -2.24. The van der Waals surface area contributed by atoms with Gasteiger partial charge in [-0.15, -0.1) is 0 Å². The van der Waals surface area contributed by atoms with E-state index in [2.05, 4.69) is 6.07 Å². The number of carbonyl (C=O) groups is 2. The normalized spacial score (nSPS) is 20.5. The zero-order valence-corrected chi connectivity index (χ0v) is 11.0. The molecular formula is C16H15NO2. The second kappa shape index (κ2) is 5.19. The molecular weight excluding hydrogens is 238 g/mol. The van der Waals surface area contributed by atoms with Crippen molar-refractivity contribution in [3.05, 3.63) is 41.0 Å². The molecule has 0 amide bonds. The van der Waals surface area contributed by atoms with Crippen molar-refractivity contribution in [3.63, 3.8) is 0 Å². The van der Waals surface area contributed by atoms with Crippen LogP contribution in [0, 0.1) is 17.2 Å². The average Bonchev–Trinajstić information content (AvgIpc) is 2.36. The summed E-state index contributed by atoms with van der Waals surface area (Å²) < 4.78 is 0. The van der Waals surface area contributed by atoms with Gasteiger partial charge in [0, 0.05) is 6.42 Å². The van der Waals surface area contributed by atoms with Crippen LogP contribution < -0.4 is 0 Å². The van der Waals surface area contributed by atoms with Gasteiger partial charge in [-0.05, 0) is 37.0 Å². The largest absolute Gasteiger partial charge is 0.300 e. The van der Waals surface area contributed by atoms with Gasteiger partial charge in [-0.1, -0.05) is 24.3 Å². The molecule has 0 heterocycles. The minimum Gasteiger partial charge on any atom is -0.300 e. The smallest absolute Gasteiger partial charge is 0.137 e. The standard InChI is InChI=1S/C16H15NO2/c1-10(18)8-13-7-6-12-4-3-5-14(9-17)16(12)15(13)11(2)19/h3-7,13,15H,8H2,1-2H3/t13-,15+/m0/s1. The molecule has 0 radical (unpaired) electrons. The molecule has 2 rings (SSSR count). The minimum atomic E-state index is -0.389. The van der Waals surface area contributed by atoms with E-state index in [-0.39, 0.29) is 23.4 Å². The predicted octanol–water partition coefficient (Wildman–Crippen LogP) is 2.85. The molecule has 3 nitrogen and oxygen atoms in total. The minimum absolute atomic E-state index is 0.000417. The van der Waals surface area contributed by atoms with Crippen molar-refractivity contribution in [3.8, 4) is 6.07 Å². The highest BCUT2D eigenvalue weighted by Gasteiger charge is 2.32. The van der Waals surface area contributed by atoms with E-state index in [9.17, 15) is 14.9 Å². The Morgan fingerprint density at radius 2 is 2.05 bits per heavy atom. The lowest BCUT2D eigenvalue weighted by molar-refractivity contribution is -0.120. The highest BCUT2D eigenvalue weighted by molar-refractivity contribution is 5.89. The quantitative estimate of drug-likeness (QED) is 0.832. The highest BCUT2D eigenvalue weighted by atomic mass is 16.1. The monoisotopic (exact) mass is 253 g/mol. The third-order valence-electron chi connectivity index (χ3n) is 3.48. The van der Waals surface area contributed by atoms with Gasteiger partial charge in [0.1, 0.15) is 11.6 Å². The van der Waals surface area contributed by atoms with Crippen LogP contribution in [0.2, 0.25) is 0 Å².